The van der Waals surface area contributed by atoms with E-state index in [9.17, 15) is 9.59 Å². The molecule has 39 heavy (non-hydrogen) atoms. The fourth-order valence-electron chi connectivity index (χ4n) is 4.35. The van der Waals surface area contributed by atoms with Crippen LogP contribution in [-0.2, 0) is 14.9 Å². The van der Waals surface area contributed by atoms with Gasteiger partial charge in [-0.15, -0.1) is 0 Å². The smallest absolute Gasteiger partial charge is 0.338 e. The first-order valence-corrected chi connectivity index (χ1v) is 12.8. The molecule has 0 saturated heterocycles. The fourth-order valence-corrected chi connectivity index (χ4v) is 4.35. The molecule has 4 aromatic carbocycles. The van der Waals surface area contributed by atoms with Gasteiger partial charge in [-0.25, -0.2) is 9.59 Å². The molecule has 5 aromatic rings. The highest BCUT2D eigenvalue weighted by Gasteiger charge is 2.24. The van der Waals surface area contributed by atoms with Gasteiger partial charge in [0.05, 0.1) is 18.2 Å². The monoisotopic (exact) mass is 522 g/mol. The number of carbonyl (C=O) groups is 2. The lowest BCUT2D eigenvalue weighted by atomic mass is 9.86. The van der Waals surface area contributed by atoms with Gasteiger partial charge in [0.1, 0.15) is 23.7 Å². The molecule has 1 atom stereocenters. The SMILES string of the molecule is COC(=O)c1ccc(OCC(OC(=O)c2ccc3ccccc3c2)c2cc3cc(C(C)(C)C)ccc3o2)cc1. The van der Waals surface area contributed by atoms with Crippen LogP contribution in [-0.4, -0.2) is 25.7 Å². The van der Waals surface area contributed by atoms with Crippen LogP contribution < -0.4 is 4.74 Å². The molecule has 6 heteroatoms. The quantitative estimate of drug-likeness (QED) is 0.204. The van der Waals surface area contributed by atoms with Crippen molar-refractivity contribution in [2.75, 3.05) is 13.7 Å². The molecule has 0 spiro atoms. The maximum absolute atomic E-state index is 13.3. The number of esters is 2. The number of carbonyl (C=O) groups excluding carboxylic acids is 2. The lowest BCUT2D eigenvalue weighted by molar-refractivity contribution is 0.0108. The molecular weight excluding hydrogens is 492 g/mol. The Labute approximate surface area is 227 Å². The molecule has 0 radical (unpaired) electrons. The van der Waals surface area contributed by atoms with Gasteiger partial charge in [-0.2, -0.15) is 0 Å². The summed E-state index contributed by atoms with van der Waals surface area (Å²) in [5.41, 5.74) is 2.71. The van der Waals surface area contributed by atoms with Crippen LogP contribution >= 0.6 is 0 Å². The summed E-state index contributed by atoms with van der Waals surface area (Å²) in [6.45, 7) is 6.48. The van der Waals surface area contributed by atoms with Crippen LogP contribution in [0.3, 0.4) is 0 Å². The van der Waals surface area contributed by atoms with Crippen molar-refractivity contribution in [2.24, 2.45) is 0 Å². The molecule has 0 aliphatic rings. The molecule has 0 fully saturated rings. The number of furan rings is 1. The van der Waals surface area contributed by atoms with Gasteiger partial charge in [-0.1, -0.05) is 57.2 Å². The van der Waals surface area contributed by atoms with Crippen LogP contribution in [0.1, 0.15) is 58.9 Å². The molecule has 6 nitrogen and oxygen atoms in total. The Hall–Kier alpha value is -4.58. The van der Waals surface area contributed by atoms with E-state index in [1.54, 1.807) is 30.3 Å². The maximum Gasteiger partial charge on any atom is 0.338 e. The number of rotatable bonds is 7. The summed E-state index contributed by atoms with van der Waals surface area (Å²) in [4.78, 5) is 25.0. The third-order valence-electron chi connectivity index (χ3n) is 6.63. The molecule has 1 aromatic heterocycles. The first kappa shape index (κ1) is 26.0. The van der Waals surface area contributed by atoms with Crippen molar-refractivity contribution in [3.63, 3.8) is 0 Å². The second kappa shape index (κ2) is 10.7. The van der Waals surface area contributed by atoms with Gasteiger partial charge in [-0.05, 0) is 76.3 Å². The zero-order valence-electron chi connectivity index (χ0n) is 22.4. The predicted octanol–water partition coefficient (Wildman–Crippen LogP) is 7.65. The number of benzene rings is 4. The Bertz CT molecular complexity index is 1640. The first-order valence-electron chi connectivity index (χ1n) is 12.8. The van der Waals surface area contributed by atoms with E-state index in [1.807, 2.05) is 54.6 Å². The Morgan fingerprint density at radius 1 is 0.769 bits per heavy atom. The van der Waals surface area contributed by atoms with Crippen LogP contribution in [0.15, 0.2) is 95.4 Å². The lowest BCUT2D eigenvalue weighted by Crippen LogP contribution is -2.18. The van der Waals surface area contributed by atoms with Crippen LogP contribution in [0, 0.1) is 0 Å². The van der Waals surface area contributed by atoms with Crippen molar-refractivity contribution in [1.82, 2.24) is 0 Å². The van der Waals surface area contributed by atoms with Crippen LogP contribution in [0.25, 0.3) is 21.7 Å². The Morgan fingerprint density at radius 3 is 2.21 bits per heavy atom. The predicted molar refractivity (Wildman–Crippen MR) is 150 cm³/mol. The summed E-state index contributed by atoms with van der Waals surface area (Å²) < 4.78 is 22.8. The van der Waals surface area contributed by atoms with Crippen LogP contribution in [0.4, 0.5) is 0 Å². The maximum atomic E-state index is 13.3. The topological polar surface area (TPSA) is 75.0 Å². The standard InChI is InChI=1S/C33H30O6/c1-33(2,3)26-13-16-28-25(18-26)19-29(38-28)30(20-37-27-14-11-22(12-15-27)31(34)36-4)39-32(35)24-10-9-21-7-5-6-8-23(21)17-24/h5-19,30H,20H2,1-4H3. The van der Waals surface area contributed by atoms with Gasteiger partial charge in [0, 0.05) is 5.39 Å². The Kier molecular flexibility index (Phi) is 7.11. The largest absolute Gasteiger partial charge is 0.489 e. The van der Waals surface area contributed by atoms with Crippen LogP contribution in [0.2, 0.25) is 0 Å². The zero-order valence-corrected chi connectivity index (χ0v) is 22.4. The van der Waals surface area contributed by atoms with E-state index in [2.05, 4.69) is 26.8 Å². The van der Waals surface area contributed by atoms with E-state index in [0.717, 1.165) is 16.2 Å². The van der Waals surface area contributed by atoms with Crippen molar-refractivity contribution in [3.05, 3.63) is 113 Å². The van der Waals surface area contributed by atoms with Gasteiger partial charge >= 0.3 is 11.9 Å². The molecule has 0 bridgehead atoms. The number of hydrogen-bond acceptors (Lipinski definition) is 6. The average molecular weight is 523 g/mol. The number of ether oxygens (including phenoxy) is 3. The Balaban J connectivity index is 1.43. The van der Waals surface area contributed by atoms with Crippen molar-refractivity contribution in [3.8, 4) is 5.75 Å². The molecule has 5 rings (SSSR count). The normalized spacial score (nSPS) is 12.3. The van der Waals surface area contributed by atoms with Crippen molar-refractivity contribution in [2.45, 2.75) is 32.3 Å². The molecule has 0 N–H and O–H groups in total. The summed E-state index contributed by atoms with van der Waals surface area (Å²) in [6, 6.07) is 27.8. The van der Waals surface area contributed by atoms with E-state index in [1.165, 1.54) is 12.7 Å². The van der Waals surface area contributed by atoms with E-state index in [-0.39, 0.29) is 12.0 Å². The molecule has 1 heterocycles. The number of fused-ring (bicyclic) bond motifs is 2. The third-order valence-corrected chi connectivity index (χ3v) is 6.63. The molecule has 0 amide bonds. The summed E-state index contributed by atoms with van der Waals surface area (Å²) in [5, 5.41) is 2.91. The highest BCUT2D eigenvalue weighted by atomic mass is 16.6. The van der Waals surface area contributed by atoms with Crippen molar-refractivity contribution in [1.29, 1.82) is 0 Å². The minimum Gasteiger partial charge on any atom is -0.489 e. The van der Waals surface area contributed by atoms with Crippen molar-refractivity contribution >= 4 is 33.7 Å². The van der Waals surface area contributed by atoms with Crippen LogP contribution in [0.5, 0.6) is 5.75 Å². The van der Waals surface area contributed by atoms with Gasteiger partial charge in [0.15, 0.2) is 6.10 Å². The van der Waals surface area contributed by atoms with Gasteiger partial charge in [-0.3, -0.25) is 0 Å². The molecule has 0 saturated carbocycles. The highest BCUT2D eigenvalue weighted by Crippen LogP contribution is 2.32. The summed E-state index contributed by atoms with van der Waals surface area (Å²) >= 11 is 0. The molecule has 0 aliphatic carbocycles. The minimum absolute atomic E-state index is 0.0167. The van der Waals surface area contributed by atoms with E-state index >= 15 is 0 Å². The zero-order chi connectivity index (χ0) is 27.6. The van der Waals surface area contributed by atoms with E-state index in [4.69, 9.17) is 18.6 Å². The third kappa shape index (κ3) is 5.80. The van der Waals surface area contributed by atoms with Crippen molar-refractivity contribution < 1.29 is 28.2 Å². The molecule has 1 unspecified atom stereocenters. The summed E-state index contributed by atoms with van der Waals surface area (Å²) in [7, 11) is 1.33. The average Bonchev–Trinajstić information content (AvgIpc) is 3.38. The minimum atomic E-state index is -0.810. The summed E-state index contributed by atoms with van der Waals surface area (Å²) in [5.74, 6) is 0.0868. The summed E-state index contributed by atoms with van der Waals surface area (Å²) in [6.07, 6.45) is -0.810. The van der Waals surface area contributed by atoms with Gasteiger partial charge in [0.25, 0.3) is 0 Å². The number of hydrogen-bond donors (Lipinski definition) is 0. The molecule has 198 valence electrons. The second-order valence-electron chi connectivity index (χ2n) is 10.4. The Morgan fingerprint density at radius 2 is 1.49 bits per heavy atom. The lowest BCUT2D eigenvalue weighted by Gasteiger charge is -2.18. The first-order chi connectivity index (χ1) is 18.7. The molecule has 0 aliphatic heterocycles. The number of methoxy groups -OCH3 is 1. The van der Waals surface area contributed by atoms with Gasteiger partial charge < -0.3 is 18.6 Å². The fraction of sp³-hybridized carbons (Fsp3) is 0.212. The van der Waals surface area contributed by atoms with Gasteiger partial charge in [0.2, 0.25) is 0 Å². The second-order valence-corrected chi connectivity index (χ2v) is 10.4. The van der Waals surface area contributed by atoms with E-state index < -0.39 is 18.0 Å². The molecular formula is C33H30O6. The highest BCUT2D eigenvalue weighted by molar-refractivity contribution is 5.95. The van der Waals surface area contributed by atoms with E-state index in [0.29, 0.717) is 28.2 Å².